The van der Waals surface area contributed by atoms with Gasteiger partial charge in [0, 0.05) is 22.9 Å². The lowest BCUT2D eigenvalue weighted by atomic mass is 10.3. The number of rotatable bonds is 10. The van der Waals surface area contributed by atoms with Crippen LogP contribution < -0.4 is 20.3 Å². The van der Waals surface area contributed by atoms with Gasteiger partial charge in [0.25, 0.3) is 5.91 Å². The average molecular weight is 494 g/mol. The van der Waals surface area contributed by atoms with Crippen LogP contribution in [0.1, 0.15) is 27.4 Å². The van der Waals surface area contributed by atoms with Gasteiger partial charge in [0.1, 0.15) is 5.75 Å². The van der Waals surface area contributed by atoms with Crippen LogP contribution in [0.15, 0.2) is 30.3 Å². The standard InChI is InChI=1S/C18H21Cl2N3O5S2/c1-30(26,27)21-9-8-13-5-7-16(29-13)18(25)23-22-17(24)3-2-10-28-15-6-4-12(19)11-14(15)20/h4-7,11,21H,2-3,8-10H2,1H3,(H,22,24)(H,23,25). The number of hydrazine groups is 1. The van der Waals surface area contributed by atoms with Crippen LogP contribution in [-0.4, -0.2) is 39.6 Å². The van der Waals surface area contributed by atoms with Crippen molar-refractivity contribution in [3.63, 3.8) is 0 Å². The molecule has 2 aromatic rings. The second-order valence-corrected chi connectivity index (χ2v) is 10.1. The Morgan fingerprint density at radius 2 is 1.90 bits per heavy atom. The molecule has 0 spiro atoms. The van der Waals surface area contributed by atoms with Gasteiger partial charge in [-0.1, -0.05) is 23.2 Å². The number of thiophene rings is 1. The van der Waals surface area contributed by atoms with Gasteiger partial charge in [-0.05, 0) is 43.2 Å². The van der Waals surface area contributed by atoms with Crippen molar-refractivity contribution in [3.05, 3.63) is 50.1 Å². The molecule has 2 rings (SSSR count). The molecule has 0 saturated heterocycles. The Labute approximate surface area is 188 Å². The summed E-state index contributed by atoms with van der Waals surface area (Å²) in [6.45, 7) is 0.527. The number of hydrogen-bond acceptors (Lipinski definition) is 6. The third-order valence-corrected chi connectivity index (χ3v) is 6.04. The van der Waals surface area contributed by atoms with E-state index in [0.717, 1.165) is 11.1 Å². The summed E-state index contributed by atoms with van der Waals surface area (Å²) in [7, 11) is -3.24. The predicted octanol–water partition coefficient (Wildman–Crippen LogP) is 2.77. The van der Waals surface area contributed by atoms with E-state index in [9.17, 15) is 18.0 Å². The number of sulfonamides is 1. The Kier molecular flexibility index (Phi) is 9.37. The highest BCUT2D eigenvalue weighted by molar-refractivity contribution is 7.88. The molecule has 0 bridgehead atoms. The van der Waals surface area contributed by atoms with Crippen LogP contribution in [0.3, 0.4) is 0 Å². The molecule has 0 aliphatic carbocycles. The quantitative estimate of drug-likeness (QED) is 0.347. The van der Waals surface area contributed by atoms with E-state index < -0.39 is 15.9 Å². The fourth-order valence-corrected chi connectivity index (χ4v) is 4.09. The minimum Gasteiger partial charge on any atom is -0.492 e. The van der Waals surface area contributed by atoms with Gasteiger partial charge in [-0.15, -0.1) is 11.3 Å². The largest absolute Gasteiger partial charge is 0.492 e. The fourth-order valence-electron chi connectivity index (χ4n) is 2.25. The second kappa shape index (κ2) is 11.5. The minimum atomic E-state index is -3.24. The van der Waals surface area contributed by atoms with Gasteiger partial charge >= 0.3 is 0 Å². The van der Waals surface area contributed by atoms with Crippen LogP contribution in [0, 0.1) is 0 Å². The molecule has 0 aliphatic heterocycles. The summed E-state index contributed by atoms with van der Waals surface area (Å²) in [6, 6.07) is 8.23. The van der Waals surface area contributed by atoms with Crippen molar-refractivity contribution in [2.45, 2.75) is 19.3 Å². The molecule has 0 saturated carbocycles. The van der Waals surface area contributed by atoms with Crippen LogP contribution in [0.25, 0.3) is 0 Å². The highest BCUT2D eigenvalue weighted by atomic mass is 35.5. The third kappa shape index (κ3) is 8.88. The Balaban J connectivity index is 1.66. The topological polar surface area (TPSA) is 114 Å². The first-order valence-corrected chi connectivity index (χ1v) is 12.3. The zero-order valence-corrected chi connectivity index (χ0v) is 19.2. The van der Waals surface area contributed by atoms with E-state index in [1.54, 1.807) is 30.3 Å². The molecule has 12 heteroatoms. The molecule has 2 amide bonds. The smallest absolute Gasteiger partial charge is 0.279 e. The van der Waals surface area contributed by atoms with E-state index in [0.29, 0.717) is 33.5 Å². The van der Waals surface area contributed by atoms with Crippen LogP contribution in [0.5, 0.6) is 5.75 Å². The van der Waals surface area contributed by atoms with Gasteiger partial charge in [-0.3, -0.25) is 20.4 Å². The van der Waals surface area contributed by atoms with Crippen LogP contribution in [0.2, 0.25) is 10.0 Å². The Morgan fingerprint density at radius 1 is 1.13 bits per heavy atom. The molecule has 3 N–H and O–H groups in total. The first-order chi connectivity index (χ1) is 14.1. The van der Waals surface area contributed by atoms with Crippen molar-refractivity contribution in [1.82, 2.24) is 15.6 Å². The summed E-state index contributed by atoms with van der Waals surface area (Å²) < 4.78 is 30.0. The first kappa shape index (κ1) is 24.4. The Morgan fingerprint density at radius 3 is 2.60 bits per heavy atom. The first-order valence-electron chi connectivity index (χ1n) is 8.84. The highest BCUT2D eigenvalue weighted by Crippen LogP contribution is 2.27. The van der Waals surface area contributed by atoms with Gasteiger partial charge in [-0.25, -0.2) is 13.1 Å². The number of carbonyl (C=O) groups is 2. The van der Waals surface area contributed by atoms with Crippen molar-refractivity contribution in [3.8, 4) is 5.75 Å². The lowest BCUT2D eigenvalue weighted by Crippen LogP contribution is -2.41. The molecule has 164 valence electrons. The molecule has 1 aromatic heterocycles. The monoisotopic (exact) mass is 493 g/mol. The number of hydrogen-bond donors (Lipinski definition) is 3. The molecular weight excluding hydrogens is 473 g/mol. The summed E-state index contributed by atoms with van der Waals surface area (Å²) in [5, 5.41) is 0.896. The van der Waals surface area contributed by atoms with E-state index in [4.69, 9.17) is 27.9 Å². The van der Waals surface area contributed by atoms with E-state index >= 15 is 0 Å². The van der Waals surface area contributed by atoms with Gasteiger partial charge in [-0.2, -0.15) is 0 Å². The SMILES string of the molecule is CS(=O)(=O)NCCc1ccc(C(=O)NNC(=O)CCCOc2ccc(Cl)cc2Cl)s1. The molecule has 0 fully saturated rings. The second-order valence-electron chi connectivity index (χ2n) is 6.21. The van der Waals surface area contributed by atoms with Crippen molar-refractivity contribution >= 4 is 56.4 Å². The van der Waals surface area contributed by atoms with E-state index in [1.165, 1.54) is 11.3 Å². The van der Waals surface area contributed by atoms with Gasteiger partial charge in [0.05, 0.1) is 22.8 Å². The maximum absolute atomic E-state index is 12.1. The Hall–Kier alpha value is -1.85. The van der Waals surface area contributed by atoms with Crippen LogP contribution in [0.4, 0.5) is 0 Å². The van der Waals surface area contributed by atoms with Crippen molar-refractivity contribution in [1.29, 1.82) is 0 Å². The zero-order valence-electron chi connectivity index (χ0n) is 16.0. The molecule has 0 radical (unpaired) electrons. The summed E-state index contributed by atoms with van der Waals surface area (Å²) >= 11 is 13.0. The van der Waals surface area contributed by atoms with Crippen molar-refractivity contribution in [2.75, 3.05) is 19.4 Å². The Bertz CT molecular complexity index is 995. The molecule has 1 heterocycles. The molecule has 0 unspecified atom stereocenters. The molecule has 30 heavy (non-hydrogen) atoms. The number of nitrogens with one attached hydrogen (secondary N) is 3. The van der Waals surface area contributed by atoms with Crippen LogP contribution in [-0.2, 0) is 21.2 Å². The summed E-state index contributed by atoms with van der Waals surface area (Å²) in [4.78, 5) is 25.2. The van der Waals surface area contributed by atoms with Crippen molar-refractivity contribution < 1.29 is 22.7 Å². The lowest BCUT2D eigenvalue weighted by Gasteiger charge is -2.09. The predicted molar refractivity (Wildman–Crippen MR) is 118 cm³/mol. The molecule has 1 aromatic carbocycles. The van der Waals surface area contributed by atoms with E-state index in [1.807, 2.05) is 0 Å². The lowest BCUT2D eigenvalue weighted by molar-refractivity contribution is -0.122. The molecule has 8 nitrogen and oxygen atoms in total. The maximum atomic E-state index is 12.1. The van der Waals surface area contributed by atoms with Crippen molar-refractivity contribution in [2.24, 2.45) is 0 Å². The summed E-state index contributed by atoms with van der Waals surface area (Å²) in [5.74, 6) is -0.321. The van der Waals surface area contributed by atoms with E-state index in [2.05, 4.69) is 15.6 Å². The van der Waals surface area contributed by atoms with Crippen LogP contribution >= 0.6 is 34.5 Å². The maximum Gasteiger partial charge on any atom is 0.279 e. The molecular formula is C18H21Cl2N3O5S2. The highest BCUT2D eigenvalue weighted by Gasteiger charge is 2.11. The van der Waals surface area contributed by atoms with Gasteiger partial charge in [0.2, 0.25) is 15.9 Å². The number of amides is 2. The number of benzene rings is 1. The normalized spacial score (nSPS) is 11.2. The number of carbonyl (C=O) groups excluding carboxylic acids is 2. The zero-order chi connectivity index (χ0) is 22.1. The van der Waals surface area contributed by atoms with Gasteiger partial charge < -0.3 is 4.74 Å². The average Bonchev–Trinajstić information content (AvgIpc) is 3.12. The number of ether oxygens (including phenoxy) is 1. The number of halogens is 2. The summed E-state index contributed by atoms with van der Waals surface area (Å²) in [6.07, 6.45) is 2.13. The minimum absolute atomic E-state index is 0.151. The molecule has 0 atom stereocenters. The van der Waals surface area contributed by atoms with Gasteiger partial charge in [0.15, 0.2) is 0 Å². The van der Waals surface area contributed by atoms with E-state index in [-0.39, 0.29) is 25.5 Å². The molecule has 0 aliphatic rings. The summed E-state index contributed by atoms with van der Waals surface area (Å²) in [5.41, 5.74) is 4.70. The fraction of sp³-hybridized carbons (Fsp3) is 0.333. The third-order valence-electron chi connectivity index (χ3n) is 3.64.